The van der Waals surface area contributed by atoms with Crippen LogP contribution in [0.2, 0.25) is 0 Å². The summed E-state index contributed by atoms with van der Waals surface area (Å²) in [5.74, 6) is 0.300. The number of hydrogen-bond donors (Lipinski definition) is 3. The first-order chi connectivity index (χ1) is 7.91. The number of amides is 2. The van der Waals surface area contributed by atoms with Gasteiger partial charge in [0, 0.05) is 32.0 Å². The second kappa shape index (κ2) is 8.98. The molecule has 0 heterocycles. The average molecular weight is 243 g/mol. The van der Waals surface area contributed by atoms with Crippen molar-refractivity contribution in [2.45, 2.75) is 46.1 Å². The fraction of sp³-hybridized carbons (Fsp3) is 0.833. The highest BCUT2D eigenvalue weighted by molar-refractivity contribution is 5.78. The molecule has 1 unspecified atom stereocenters. The average Bonchev–Trinajstić information content (AvgIpc) is 2.15. The van der Waals surface area contributed by atoms with Crippen molar-refractivity contribution in [2.75, 3.05) is 13.1 Å². The van der Waals surface area contributed by atoms with Gasteiger partial charge < -0.3 is 16.4 Å². The maximum Gasteiger partial charge on any atom is 0.221 e. The molecule has 0 aromatic heterocycles. The molecule has 4 N–H and O–H groups in total. The lowest BCUT2D eigenvalue weighted by Gasteiger charge is -2.08. The maximum atomic E-state index is 11.3. The molecular formula is C12H25N3O2. The Labute approximate surface area is 104 Å². The Morgan fingerprint density at radius 3 is 2.18 bits per heavy atom. The monoisotopic (exact) mass is 243 g/mol. The molecule has 5 heteroatoms. The first kappa shape index (κ1) is 15.9. The molecule has 0 spiro atoms. The SMILES string of the molecule is CC(C)CC(=O)NCCC(=O)NCCC(C)N. The molecule has 0 radical (unpaired) electrons. The molecule has 0 saturated heterocycles. The Kier molecular flexibility index (Phi) is 8.40. The topological polar surface area (TPSA) is 84.2 Å². The van der Waals surface area contributed by atoms with Crippen molar-refractivity contribution < 1.29 is 9.59 Å². The van der Waals surface area contributed by atoms with Crippen LogP contribution in [0.25, 0.3) is 0 Å². The second-order valence-corrected chi connectivity index (χ2v) is 4.81. The molecule has 1 atom stereocenters. The van der Waals surface area contributed by atoms with Crippen molar-refractivity contribution in [3.63, 3.8) is 0 Å². The zero-order valence-electron chi connectivity index (χ0n) is 11.1. The molecule has 0 bridgehead atoms. The zero-order chi connectivity index (χ0) is 13.3. The van der Waals surface area contributed by atoms with Crippen LogP contribution in [0.15, 0.2) is 0 Å². The molecule has 17 heavy (non-hydrogen) atoms. The lowest BCUT2D eigenvalue weighted by Crippen LogP contribution is -2.33. The number of rotatable bonds is 8. The summed E-state index contributed by atoms with van der Waals surface area (Å²) in [7, 11) is 0. The van der Waals surface area contributed by atoms with Gasteiger partial charge >= 0.3 is 0 Å². The Morgan fingerprint density at radius 2 is 1.65 bits per heavy atom. The van der Waals surface area contributed by atoms with Gasteiger partial charge in [0.1, 0.15) is 0 Å². The summed E-state index contributed by atoms with van der Waals surface area (Å²) in [6.07, 6.45) is 1.60. The third kappa shape index (κ3) is 11.2. The van der Waals surface area contributed by atoms with Crippen LogP contribution < -0.4 is 16.4 Å². The van der Waals surface area contributed by atoms with Crippen molar-refractivity contribution >= 4 is 11.8 Å². The van der Waals surface area contributed by atoms with Gasteiger partial charge in [-0.3, -0.25) is 9.59 Å². The summed E-state index contributed by atoms with van der Waals surface area (Å²) in [6, 6.07) is 0.0982. The highest BCUT2D eigenvalue weighted by Gasteiger charge is 2.05. The molecule has 0 rings (SSSR count). The van der Waals surface area contributed by atoms with Crippen LogP contribution in [-0.4, -0.2) is 30.9 Å². The Bertz CT molecular complexity index is 240. The van der Waals surface area contributed by atoms with Crippen LogP contribution in [0.1, 0.15) is 40.0 Å². The minimum atomic E-state index is -0.0458. The van der Waals surface area contributed by atoms with Gasteiger partial charge in [0.05, 0.1) is 0 Å². The molecule has 0 fully saturated rings. The number of carbonyl (C=O) groups excluding carboxylic acids is 2. The predicted octanol–water partition coefficient (Wildman–Crippen LogP) is 0.392. The van der Waals surface area contributed by atoms with Crippen LogP contribution in [0.5, 0.6) is 0 Å². The van der Waals surface area contributed by atoms with Crippen LogP contribution in [0.3, 0.4) is 0 Å². The van der Waals surface area contributed by atoms with Gasteiger partial charge in [0.15, 0.2) is 0 Å². The summed E-state index contributed by atoms with van der Waals surface area (Å²) in [6.45, 7) is 6.87. The zero-order valence-corrected chi connectivity index (χ0v) is 11.1. The van der Waals surface area contributed by atoms with Crippen molar-refractivity contribution in [1.29, 1.82) is 0 Å². The van der Waals surface area contributed by atoms with Gasteiger partial charge in [-0.25, -0.2) is 0 Å². The fourth-order valence-electron chi connectivity index (χ4n) is 1.29. The van der Waals surface area contributed by atoms with E-state index in [0.29, 0.717) is 31.8 Å². The van der Waals surface area contributed by atoms with E-state index in [0.717, 1.165) is 6.42 Å². The number of nitrogens with two attached hydrogens (primary N) is 1. The van der Waals surface area contributed by atoms with E-state index in [1.165, 1.54) is 0 Å². The van der Waals surface area contributed by atoms with E-state index in [1.807, 2.05) is 20.8 Å². The largest absolute Gasteiger partial charge is 0.356 e. The van der Waals surface area contributed by atoms with Crippen LogP contribution in [0, 0.1) is 5.92 Å². The molecule has 0 aliphatic carbocycles. The van der Waals surface area contributed by atoms with Crippen molar-refractivity contribution in [2.24, 2.45) is 11.7 Å². The van der Waals surface area contributed by atoms with Crippen LogP contribution in [-0.2, 0) is 9.59 Å². The molecule has 0 saturated carbocycles. The lowest BCUT2D eigenvalue weighted by molar-refractivity contribution is -0.122. The van der Waals surface area contributed by atoms with E-state index in [-0.39, 0.29) is 17.9 Å². The van der Waals surface area contributed by atoms with E-state index in [1.54, 1.807) is 0 Å². The van der Waals surface area contributed by atoms with Crippen LogP contribution >= 0.6 is 0 Å². The Balaban J connectivity index is 3.48. The number of nitrogens with one attached hydrogen (secondary N) is 2. The van der Waals surface area contributed by atoms with Gasteiger partial charge in [0.2, 0.25) is 11.8 Å². The summed E-state index contributed by atoms with van der Waals surface area (Å²) in [4.78, 5) is 22.6. The van der Waals surface area contributed by atoms with E-state index < -0.39 is 0 Å². The lowest BCUT2D eigenvalue weighted by atomic mass is 10.1. The van der Waals surface area contributed by atoms with E-state index >= 15 is 0 Å². The molecule has 0 aliphatic heterocycles. The van der Waals surface area contributed by atoms with Gasteiger partial charge in [0.25, 0.3) is 0 Å². The third-order valence-electron chi connectivity index (χ3n) is 2.19. The molecule has 0 aromatic rings. The summed E-state index contributed by atoms with van der Waals surface area (Å²) in [5.41, 5.74) is 5.56. The highest BCUT2D eigenvalue weighted by atomic mass is 16.2. The van der Waals surface area contributed by atoms with Crippen molar-refractivity contribution in [3.05, 3.63) is 0 Å². The van der Waals surface area contributed by atoms with Crippen LogP contribution in [0.4, 0.5) is 0 Å². The molecule has 2 amide bonds. The van der Waals surface area contributed by atoms with Crippen molar-refractivity contribution in [3.8, 4) is 0 Å². The molecule has 5 nitrogen and oxygen atoms in total. The van der Waals surface area contributed by atoms with Gasteiger partial charge in [-0.2, -0.15) is 0 Å². The minimum Gasteiger partial charge on any atom is -0.356 e. The van der Waals surface area contributed by atoms with Gasteiger partial charge in [-0.15, -0.1) is 0 Å². The quantitative estimate of drug-likeness (QED) is 0.576. The highest BCUT2D eigenvalue weighted by Crippen LogP contribution is 1.97. The molecular weight excluding hydrogens is 218 g/mol. The van der Waals surface area contributed by atoms with E-state index in [2.05, 4.69) is 10.6 Å². The number of carbonyl (C=O) groups is 2. The predicted molar refractivity (Wildman–Crippen MR) is 68.4 cm³/mol. The minimum absolute atomic E-state index is 0.00313. The smallest absolute Gasteiger partial charge is 0.221 e. The van der Waals surface area contributed by atoms with Gasteiger partial charge in [-0.1, -0.05) is 13.8 Å². The summed E-state index contributed by atoms with van der Waals surface area (Å²) in [5, 5.41) is 5.48. The van der Waals surface area contributed by atoms with Gasteiger partial charge in [-0.05, 0) is 19.3 Å². The molecule has 0 aliphatic rings. The standard InChI is InChI=1S/C12H25N3O2/c1-9(2)8-12(17)15-7-5-11(16)14-6-4-10(3)13/h9-10H,4-8,13H2,1-3H3,(H,14,16)(H,15,17). The first-order valence-electron chi connectivity index (χ1n) is 6.20. The number of hydrogen-bond acceptors (Lipinski definition) is 3. The molecule has 0 aromatic carbocycles. The van der Waals surface area contributed by atoms with Crippen molar-refractivity contribution in [1.82, 2.24) is 10.6 Å². The Hall–Kier alpha value is -1.10. The molecule has 100 valence electrons. The van der Waals surface area contributed by atoms with E-state index in [9.17, 15) is 9.59 Å². The first-order valence-corrected chi connectivity index (χ1v) is 6.20. The second-order valence-electron chi connectivity index (χ2n) is 4.81. The summed E-state index contributed by atoms with van der Waals surface area (Å²) >= 11 is 0. The normalized spacial score (nSPS) is 12.3. The van der Waals surface area contributed by atoms with E-state index in [4.69, 9.17) is 5.73 Å². The fourth-order valence-corrected chi connectivity index (χ4v) is 1.29. The third-order valence-corrected chi connectivity index (χ3v) is 2.19. The Morgan fingerprint density at radius 1 is 1.06 bits per heavy atom. The summed E-state index contributed by atoms with van der Waals surface area (Å²) < 4.78 is 0. The maximum absolute atomic E-state index is 11.3.